The number of hydrogen-bond donors (Lipinski definition) is 2. The minimum Gasteiger partial charge on any atom is -0.444 e. The molecule has 0 fully saturated rings. The van der Waals surface area contributed by atoms with Crippen molar-refractivity contribution in [3.8, 4) is 11.4 Å². The third kappa shape index (κ3) is 5.44. The number of carbonyl (C=O) groups is 1. The first-order chi connectivity index (χ1) is 12.9. The Morgan fingerprint density at radius 3 is 2.68 bits per heavy atom. The molecule has 2 rings (SSSR count). The molecule has 0 aromatic carbocycles. The van der Waals surface area contributed by atoms with Gasteiger partial charge in [0.25, 0.3) is 0 Å². The Bertz CT molecular complexity index is 856. The molecule has 2 aromatic heterocycles. The monoisotopic (exact) mass is 379 g/mol. The van der Waals surface area contributed by atoms with Crippen LogP contribution in [0.2, 0.25) is 0 Å². The molecule has 146 valence electrons. The molecule has 3 N–H and O–H groups in total. The number of pyridine rings is 1. The lowest BCUT2D eigenvalue weighted by Crippen LogP contribution is -2.36. The van der Waals surface area contributed by atoms with Crippen molar-refractivity contribution in [3.63, 3.8) is 0 Å². The summed E-state index contributed by atoms with van der Waals surface area (Å²) in [5, 5.41) is 7.07. The van der Waals surface area contributed by atoms with Gasteiger partial charge < -0.3 is 15.8 Å². The number of nitrogen functional groups attached to an aromatic ring is 1. The maximum absolute atomic E-state index is 12.3. The molecule has 0 saturated carbocycles. The second-order valence-electron chi connectivity index (χ2n) is 8.73. The van der Waals surface area contributed by atoms with E-state index < -0.39 is 11.7 Å². The van der Waals surface area contributed by atoms with Gasteiger partial charge in [-0.05, 0) is 50.1 Å². The van der Waals surface area contributed by atoms with Gasteiger partial charge in [0.15, 0.2) is 0 Å². The molecule has 0 aliphatic rings. The van der Waals surface area contributed by atoms with Crippen molar-refractivity contribution in [2.24, 2.45) is 0 Å². The van der Waals surface area contributed by atoms with Crippen LogP contribution >= 0.6 is 0 Å². The van der Waals surface area contributed by atoms with Crippen LogP contribution in [0.1, 0.15) is 38.8 Å². The van der Waals surface area contributed by atoms with Crippen molar-refractivity contribution in [2.45, 2.75) is 44.1 Å². The topological polar surface area (TPSA) is 95.1 Å². The standard InChI is InChI=1S/C18H28B3N5O2/c1-5-6-13(25-16(27)28-17(2,3)4)11-7-8-23-14(9-11)15-12(22)10-24-26(15)18(19,20)21/h5,7-10,13H,1,6,19-22H2,2-4H3,(H,25,27)/t13-/m0/s1. The van der Waals surface area contributed by atoms with E-state index in [2.05, 4.69) is 45.5 Å². The number of carbonyl (C=O) groups excluding carboxylic acids is 1. The van der Waals surface area contributed by atoms with Gasteiger partial charge in [-0.25, -0.2) is 4.79 Å². The lowest BCUT2D eigenvalue weighted by atomic mass is 9.49. The molecule has 0 bridgehead atoms. The SMILES string of the molecule is BC(B)(B)n1ncc(N)c1-c1cc([C@H](CC=C)NC(=O)OC(C)(C)C)ccn1. The molecule has 10 heteroatoms. The van der Waals surface area contributed by atoms with E-state index in [-0.39, 0.29) is 11.3 Å². The summed E-state index contributed by atoms with van der Waals surface area (Å²) in [5.41, 5.74) is 8.50. The molecule has 0 spiro atoms. The van der Waals surface area contributed by atoms with E-state index in [9.17, 15) is 4.79 Å². The molecule has 0 unspecified atom stereocenters. The predicted molar refractivity (Wildman–Crippen MR) is 120 cm³/mol. The van der Waals surface area contributed by atoms with Crippen LogP contribution in [-0.4, -0.2) is 50.0 Å². The van der Waals surface area contributed by atoms with Crippen LogP contribution in [0.3, 0.4) is 0 Å². The van der Waals surface area contributed by atoms with Crippen molar-refractivity contribution in [2.75, 3.05) is 5.73 Å². The van der Waals surface area contributed by atoms with E-state index in [0.717, 1.165) is 11.3 Å². The fourth-order valence-electron chi connectivity index (χ4n) is 2.81. The number of aromatic nitrogens is 3. The van der Waals surface area contributed by atoms with E-state index in [1.165, 1.54) is 0 Å². The summed E-state index contributed by atoms with van der Waals surface area (Å²) in [6, 6.07) is 3.49. The first-order valence-corrected chi connectivity index (χ1v) is 9.33. The smallest absolute Gasteiger partial charge is 0.408 e. The van der Waals surface area contributed by atoms with Gasteiger partial charge in [-0.2, -0.15) is 5.10 Å². The van der Waals surface area contributed by atoms with Gasteiger partial charge in [0.1, 0.15) is 34.8 Å². The average Bonchev–Trinajstić information content (AvgIpc) is 2.95. The molecule has 0 aliphatic carbocycles. The van der Waals surface area contributed by atoms with Gasteiger partial charge in [-0.15, -0.1) is 6.58 Å². The normalized spacial score (nSPS) is 13.0. The van der Waals surface area contributed by atoms with Crippen molar-refractivity contribution in [3.05, 3.63) is 42.7 Å². The van der Waals surface area contributed by atoms with Gasteiger partial charge in [-0.3, -0.25) is 9.67 Å². The third-order valence-electron chi connectivity index (χ3n) is 3.96. The predicted octanol–water partition coefficient (Wildman–Crippen LogP) is 0.136. The molecular weight excluding hydrogens is 351 g/mol. The van der Waals surface area contributed by atoms with Crippen molar-refractivity contribution >= 4 is 35.3 Å². The zero-order valence-electron chi connectivity index (χ0n) is 17.6. The van der Waals surface area contributed by atoms with E-state index in [1.807, 2.05) is 37.6 Å². The molecule has 1 amide bonds. The quantitative estimate of drug-likeness (QED) is 0.550. The van der Waals surface area contributed by atoms with Gasteiger partial charge in [0.05, 0.1) is 23.6 Å². The second-order valence-corrected chi connectivity index (χ2v) is 8.73. The number of ether oxygens (including phenoxy) is 1. The molecule has 0 radical (unpaired) electrons. The fourth-order valence-corrected chi connectivity index (χ4v) is 2.81. The van der Waals surface area contributed by atoms with E-state index >= 15 is 0 Å². The van der Waals surface area contributed by atoms with Crippen LogP contribution < -0.4 is 11.1 Å². The summed E-state index contributed by atoms with van der Waals surface area (Å²) >= 11 is 0. The number of anilines is 1. The summed E-state index contributed by atoms with van der Waals surface area (Å²) in [4.78, 5) is 16.7. The average molecular weight is 379 g/mol. The van der Waals surface area contributed by atoms with Crippen molar-refractivity contribution in [1.82, 2.24) is 20.1 Å². The third-order valence-corrected chi connectivity index (χ3v) is 3.96. The number of rotatable bonds is 6. The van der Waals surface area contributed by atoms with E-state index in [1.54, 1.807) is 18.5 Å². The maximum atomic E-state index is 12.3. The number of nitrogens with two attached hydrogens (primary N) is 1. The summed E-state index contributed by atoms with van der Waals surface area (Å²) in [5.74, 6) is 0. The highest BCUT2D eigenvalue weighted by atomic mass is 16.6. The van der Waals surface area contributed by atoms with E-state index in [4.69, 9.17) is 10.5 Å². The van der Waals surface area contributed by atoms with Gasteiger partial charge in [0.2, 0.25) is 0 Å². The van der Waals surface area contributed by atoms with Crippen LogP contribution in [0.25, 0.3) is 11.4 Å². The summed E-state index contributed by atoms with van der Waals surface area (Å²) < 4.78 is 7.25. The zero-order valence-corrected chi connectivity index (χ0v) is 17.6. The van der Waals surface area contributed by atoms with Crippen molar-refractivity contribution < 1.29 is 9.53 Å². The van der Waals surface area contributed by atoms with Crippen LogP contribution in [0.4, 0.5) is 10.5 Å². The number of alkyl carbamates (subject to hydrolysis) is 1. The van der Waals surface area contributed by atoms with Crippen LogP contribution in [0.5, 0.6) is 0 Å². The Labute approximate surface area is 169 Å². The molecular formula is C18H28B3N5O2. The molecule has 0 saturated heterocycles. The van der Waals surface area contributed by atoms with Gasteiger partial charge in [-0.1, -0.05) is 6.08 Å². The number of nitrogens with one attached hydrogen (secondary N) is 1. The highest BCUT2D eigenvalue weighted by Crippen LogP contribution is 2.29. The number of amides is 1. The Morgan fingerprint density at radius 2 is 2.11 bits per heavy atom. The molecule has 2 heterocycles. The Balaban J connectivity index is 2.39. The number of nitrogens with zero attached hydrogens (tertiary/aromatic N) is 3. The number of hydrogen-bond acceptors (Lipinski definition) is 5. The second kappa shape index (κ2) is 8.16. The Hall–Kier alpha value is -2.64. The summed E-state index contributed by atoms with van der Waals surface area (Å²) in [6.45, 7) is 9.29. The van der Waals surface area contributed by atoms with Crippen molar-refractivity contribution in [1.29, 1.82) is 0 Å². The minimum atomic E-state index is -0.570. The van der Waals surface area contributed by atoms with Gasteiger partial charge in [0, 0.05) is 6.20 Å². The summed E-state index contributed by atoms with van der Waals surface area (Å²) in [7, 11) is 6.16. The molecule has 1 atom stereocenters. The Morgan fingerprint density at radius 1 is 1.43 bits per heavy atom. The largest absolute Gasteiger partial charge is 0.444 e. The highest BCUT2D eigenvalue weighted by molar-refractivity contribution is 6.56. The molecule has 28 heavy (non-hydrogen) atoms. The molecule has 7 nitrogen and oxygen atoms in total. The van der Waals surface area contributed by atoms with Gasteiger partial charge >= 0.3 is 6.09 Å². The van der Waals surface area contributed by atoms with Crippen LogP contribution in [0.15, 0.2) is 37.2 Å². The van der Waals surface area contributed by atoms with Crippen LogP contribution in [0, 0.1) is 0 Å². The lowest BCUT2D eigenvalue weighted by molar-refractivity contribution is 0.0504. The maximum Gasteiger partial charge on any atom is 0.408 e. The van der Waals surface area contributed by atoms with E-state index in [0.29, 0.717) is 17.8 Å². The Kier molecular flexibility index (Phi) is 6.32. The lowest BCUT2D eigenvalue weighted by Gasteiger charge is -2.24. The zero-order chi connectivity index (χ0) is 21.1. The molecule has 2 aromatic rings. The minimum absolute atomic E-state index is 0.250. The first-order valence-electron chi connectivity index (χ1n) is 9.33. The highest BCUT2D eigenvalue weighted by Gasteiger charge is 2.24. The molecule has 0 aliphatic heterocycles. The fraction of sp³-hybridized carbons (Fsp3) is 0.389. The van der Waals surface area contributed by atoms with Crippen LogP contribution in [-0.2, 0) is 9.97 Å². The first kappa shape index (κ1) is 21.7. The summed E-state index contributed by atoms with van der Waals surface area (Å²) in [6.07, 6.45) is 5.18.